The van der Waals surface area contributed by atoms with E-state index in [-0.39, 0.29) is 0 Å². The molecule has 1 aliphatic carbocycles. The standard InChI is InChI=1S/C21H16/c1-12-10-17-9-8-15-7-6-14-4-3-5-16-11-18(13(12)2)20(17)21(15)19(14)16/h3-4,6-11H,5H2,1-2H3. The lowest BCUT2D eigenvalue weighted by molar-refractivity contribution is 1.30. The smallest absolute Gasteiger partial charge is 0.00178 e. The van der Waals surface area contributed by atoms with Crippen molar-refractivity contribution in [2.24, 2.45) is 0 Å². The molecule has 0 saturated carbocycles. The van der Waals surface area contributed by atoms with Crippen LogP contribution in [0, 0.1) is 13.8 Å². The summed E-state index contributed by atoms with van der Waals surface area (Å²) < 4.78 is 0. The van der Waals surface area contributed by atoms with Crippen LogP contribution in [0.2, 0.25) is 0 Å². The predicted octanol–water partition coefficient (Wildman–Crippen LogP) is 5.77. The summed E-state index contributed by atoms with van der Waals surface area (Å²) in [5.41, 5.74) is 5.66. The molecule has 0 fully saturated rings. The highest BCUT2D eigenvalue weighted by Crippen LogP contribution is 2.41. The molecule has 0 unspecified atom stereocenters. The van der Waals surface area contributed by atoms with Gasteiger partial charge in [0.1, 0.15) is 0 Å². The van der Waals surface area contributed by atoms with Gasteiger partial charge in [0.05, 0.1) is 0 Å². The van der Waals surface area contributed by atoms with Gasteiger partial charge in [0.2, 0.25) is 0 Å². The van der Waals surface area contributed by atoms with Crippen molar-refractivity contribution in [2.45, 2.75) is 20.3 Å². The predicted molar refractivity (Wildman–Crippen MR) is 92.4 cm³/mol. The van der Waals surface area contributed by atoms with E-state index in [9.17, 15) is 0 Å². The summed E-state index contributed by atoms with van der Waals surface area (Å²) >= 11 is 0. The Morgan fingerprint density at radius 1 is 0.810 bits per heavy atom. The first-order valence-corrected chi connectivity index (χ1v) is 7.61. The Bertz CT molecular complexity index is 1060. The van der Waals surface area contributed by atoms with E-state index in [1.165, 1.54) is 54.6 Å². The van der Waals surface area contributed by atoms with Crippen molar-refractivity contribution in [1.82, 2.24) is 0 Å². The maximum Gasteiger partial charge on any atom is -0.00178 e. The zero-order valence-corrected chi connectivity index (χ0v) is 12.3. The third-order valence-electron chi connectivity index (χ3n) is 5.16. The van der Waals surface area contributed by atoms with Crippen molar-refractivity contribution in [3.63, 3.8) is 0 Å². The lowest BCUT2D eigenvalue weighted by atomic mass is 9.84. The van der Waals surface area contributed by atoms with Gasteiger partial charge in [0, 0.05) is 0 Å². The number of aryl methyl sites for hydroxylation is 2. The largest absolute Gasteiger partial charge is 0.0795 e. The Labute approximate surface area is 124 Å². The third-order valence-corrected chi connectivity index (χ3v) is 5.16. The van der Waals surface area contributed by atoms with Gasteiger partial charge in [-0.25, -0.2) is 0 Å². The van der Waals surface area contributed by atoms with Gasteiger partial charge in [-0.05, 0) is 80.9 Å². The minimum absolute atomic E-state index is 1.05. The molecule has 0 aliphatic heterocycles. The van der Waals surface area contributed by atoms with Crippen molar-refractivity contribution in [3.8, 4) is 0 Å². The lowest BCUT2D eigenvalue weighted by Gasteiger charge is -2.20. The summed E-state index contributed by atoms with van der Waals surface area (Å²) in [5.74, 6) is 0. The molecular weight excluding hydrogens is 252 g/mol. The van der Waals surface area contributed by atoms with Gasteiger partial charge in [-0.2, -0.15) is 0 Å². The highest BCUT2D eigenvalue weighted by Gasteiger charge is 2.17. The molecule has 0 saturated heterocycles. The Morgan fingerprint density at radius 3 is 2.52 bits per heavy atom. The third kappa shape index (κ3) is 1.30. The molecule has 0 spiro atoms. The van der Waals surface area contributed by atoms with Crippen molar-refractivity contribution in [3.05, 3.63) is 64.7 Å². The van der Waals surface area contributed by atoms with E-state index in [0.717, 1.165) is 6.42 Å². The topological polar surface area (TPSA) is 0 Å². The number of hydrogen-bond donors (Lipinski definition) is 0. The lowest BCUT2D eigenvalue weighted by Crippen LogP contribution is -1.97. The van der Waals surface area contributed by atoms with Crippen LogP contribution >= 0.6 is 0 Å². The number of allylic oxidation sites excluding steroid dienone is 1. The first-order valence-electron chi connectivity index (χ1n) is 7.61. The first-order chi connectivity index (χ1) is 10.2. The molecule has 4 aromatic carbocycles. The second-order valence-corrected chi connectivity index (χ2v) is 6.30. The number of benzene rings is 4. The van der Waals surface area contributed by atoms with Crippen molar-refractivity contribution >= 4 is 38.4 Å². The van der Waals surface area contributed by atoms with Gasteiger partial charge in [-0.1, -0.05) is 42.5 Å². The summed E-state index contributed by atoms with van der Waals surface area (Å²) in [6.07, 6.45) is 5.61. The van der Waals surface area contributed by atoms with Crippen molar-refractivity contribution in [2.75, 3.05) is 0 Å². The normalized spacial score (nSPS) is 13.8. The summed E-state index contributed by atoms with van der Waals surface area (Å²) in [6.45, 7) is 4.48. The summed E-state index contributed by atoms with van der Waals surface area (Å²) in [6, 6.07) is 13.9. The van der Waals surface area contributed by atoms with Gasteiger partial charge >= 0.3 is 0 Å². The van der Waals surface area contributed by atoms with Crippen LogP contribution in [0.15, 0.2) is 42.5 Å². The summed E-state index contributed by atoms with van der Waals surface area (Å²) in [7, 11) is 0. The highest BCUT2D eigenvalue weighted by molar-refractivity contribution is 6.26. The van der Waals surface area contributed by atoms with Crippen molar-refractivity contribution < 1.29 is 0 Å². The van der Waals surface area contributed by atoms with Crippen LogP contribution in [-0.2, 0) is 6.42 Å². The molecule has 0 N–H and O–H groups in total. The minimum Gasteiger partial charge on any atom is -0.0795 e. The number of rotatable bonds is 0. The Morgan fingerprint density at radius 2 is 1.62 bits per heavy atom. The molecule has 0 aromatic heterocycles. The summed E-state index contributed by atoms with van der Waals surface area (Å²) in [5, 5.41) is 8.56. The van der Waals surface area contributed by atoms with E-state index >= 15 is 0 Å². The van der Waals surface area contributed by atoms with E-state index in [1.807, 2.05) is 0 Å². The van der Waals surface area contributed by atoms with E-state index in [1.54, 1.807) is 0 Å². The molecule has 4 aromatic rings. The van der Waals surface area contributed by atoms with Crippen LogP contribution < -0.4 is 0 Å². The van der Waals surface area contributed by atoms with E-state index in [2.05, 4.69) is 62.4 Å². The van der Waals surface area contributed by atoms with Crippen LogP contribution in [0.3, 0.4) is 0 Å². The molecule has 0 heterocycles. The second-order valence-electron chi connectivity index (χ2n) is 6.30. The molecule has 100 valence electrons. The monoisotopic (exact) mass is 268 g/mol. The molecule has 0 radical (unpaired) electrons. The van der Waals surface area contributed by atoms with Crippen LogP contribution in [0.1, 0.15) is 22.3 Å². The van der Waals surface area contributed by atoms with Crippen LogP contribution in [0.25, 0.3) is 38.4 Å². The molecule has 0 heteroatoms. The van der Waals surface area contributed by atoms with Gasteiger partial charge in [-0.15, -0.1) is 0 Å². The van der Waals surface area contributed by atoms with E-state index < -0.39 is 0 Å². The van der Waals surface area contributed by atoms with Crippen molar-refractivity contribution in [1.29, 1.82) is 0 Å². The average molecular weight is 268 g/mol. The molecule has 0 atom stereocenters. The zero-order chi connectivity index (χ0) is 14.1. The maximum absolute atomic E-state index is 2.43. The highest BCUT2D eigenvalue weighted by atomic mass is 14.2. The Hall–Kier alpha value is -2.34. The number of hydrogen-bond acceptors (Lipinski definition) is 0. The molecule has 21 heavy (non-hydrogen) atoms. The fraction of sp³-hybridized carbons (Fsp3) is 0.143. The Kier molecular flexibility index (Phi) is 1.97. The molecule has 1 aliphatic rings. The van der Waals surface area contributed by atoms with Gasteiger partial charge in [-0.3, -0.25) is 0 Å². The van der Waals surface area contributed by atoms with Crippen LogP contribution in [-0.4, -0.2) is 0 Å². The minimum atomic E-state index is 1.05. The summed E-state index contributed by atoms with van der Waals surface area (Å²) in [4.78, 5) is 0. The molecular formula is C21H16. The van der Waals surface area contributed by atoms with Gasteiger partial charge in [0.15, 0.2) is 0 Å². The fourth-order valence-corrected chi connectivity index (χ4v) is 3.99. The SMILES string of the molecule is Cc1cc2ccc3ccc4c5c(cc(c1C)c2c35)CC=C4. The van der Waals surface area contributed by atoms with E-state index in [4.69, 9.17) is 0 Å². The van der Waals surface area contributed by atoms with Crippen LogP contribution in [0.4, 0.5) is 0 Å². The van der Waals surface area contributed by atoms with Gasteiger partial charge in [0.25, 0.3) is 0 Å². The quantitative estimate of drug-likeness (QED) is 0.355. The molecule has 0 bridgehead atoms. The van der Waals surface area contributed by atoms with E-state index in [0.29, 0.717) is 0 Å². The maximum atomic E-state index is 2.43. The first kappa shape index (κ1) is 11.3. The zero-order valence-electron chi connectivity index (χ0n) is 12.3. The Balaban J connectivity index is 2.22. The van der Waals surface area contributed by atoms with Crippen LogP contribution in [0.5, 0.6) is 0 Å². The average Bonchev–Trinajstić information content (AvgIpc) is 2.51. The molecule has 0 amide bonds. The molecule has 0 nitrogen and oxygen atoms in total. The fourth-order valence-electron chi connectivity index (χ4n) is 3.99. The van der Waals surface area contributed by atoms with Gasteiger partial charge < -0.3 is 0 Å². The second kappa shape index (κ2) is 3.65. The molecule has 5 rings (SSSR count).